The Kier molecular flexibility index (Phi) is 5.67. The van der Waals surface area contributed by atoms with Crippen LogP contribution in [0.4, 0.5) is 4.39 Å². The zero-order chi connectivity index (χ0) is 14.7. The predicted molar refractivity (Wildman–Crippen MR) is 83.1 cm³/mol. The van der Waals surface area contributed by atoms with Crippen molar-refractivity contribution < 1.29 is 4.39 Å². The van der Waals surface area contributed by atoms with Crippen LogP contribution in [-0.2, 0) is 0 Å². The van der Waals surface area contributed by atoms with Crippen molar-refractivity contribution in [1.82, 2.24) is 10.2 Å². The highest BCUT2D eigenvalue weighted by molar-refractivity contribution is 6.35. The van der Waals surface area contributed by atoms with Crippen molar-refractivity contribution in [3.8, 4) is 0 Å². The van der Waals surface area contributed by atoms with Gasteiger partial charge in [-0.05, 0) is 57.5 Å². The molecule has 1 heterocycles. The monoisotopic (exact) mass is 318 g/mol. The molecule has 1 N–H and O–H groups in total. The molecule has 1 aliphatic rings. The van der Waals surface area contributed by atoms with Gasteiger partial charge in [0.1, 0.15) is 5.82 Å². The van der Waals surface area contributed by atoms with E-state index in [1.165, 1.54) is 38.1 Å². The molecular formula is C15H21Cl2FN2. The van der Waals surface area contributed by atoms with Crippen molar-refractivity contribution in [3.63, 3.8) is 0 Å². The second kappa shape index (κ2) is 7.08. The zero-order valence-corrected chi connectivity index (χ0v) is 13.4. The lowest BCUT2D eigenvalue weighted by molar-refractivity contribution is 0.247. The Morgan fingerprint density at radius 2 is 1.85 bits per heavy atom. The summed E-state index contributed by atoms with van der Waals surface area (Å²) < 4.78 is 13.5. The van der Waals surface area contributed by atoms with E-state index >= 15 is 0 Å². The van der Waals surface area contributed by atoms with Gasteiger partial charge in [-0.15, -0.1) is 0 Å². The highest BCUT2D eigenvalue weighted by Crippen LogP contribution is 2.28. The van der Waals surface area contributed by atoms with E-state index < -0.39 is 5.82 Å². The fourth-order valence-electron chi connectivity index (χ4n) is 2.64. The molecule has 0 radical (unpaired) electrons. The minimum absolute atomic E-state index is 0.000630. The molecule has 112 valence electrons. The largest absolute Gasteiger partial charge is 0.309 e. The number of benzene rings is 1. The molecule has 2 nitrogen and oxygen atoms in total. The summed E-state index contributed by atoms with van der Waals surface area (Å²) in [6, 6.07) is 3.37. The molecule has 1 aromatic rings. The van der Waals surface area contributed by atoms with Crippen LogP contribution in [0.2, 0.25) is 10.0 Å². The quantitative estimate of drug-likeness (QED) is 0.816. The summed E-state index contributed by atoms with van der Waals surface area (Å²) in [5, 5.41) is 4.00. The lowest BCUT2D eigenvalue weighted by Gasteiger charge is -2.26. The van der Waals surface area contributed by atoms with E-state index in [2.05, 4.69) is 17.1 Å². The maximum absolute atomic E-state index is 13.5. The molecule has 0 saturated carbocycles. The first-order valence-electron chi connectivity index (χ1n) is 7.11. The van der Waals surface area contributed by atoms with Gasteiger partial charge in [0.05, 0.1) is 5.02 Å². The molecule has 2 rings (SSSR count). The lowest BCUT2D eigenvalue weighted by Crippen LogP contribution is -2.39. The molecule has 1 saturated heterocycles. The Hall–Kier alpha value is -0.350. The molecule has 2 atom stereocenters. The lowest BCUT2D eigenvalue weighted by atomic mass is 10.1. The first-order valence-corrected chi connectivity index (χ1v) is 7.86. The maximum Gasteiger partial charge on any atom is 0.142 e. The van der Waals surface area contributed by atoms with Gasteiger partial charge in [0.15, 0.2) is 0 Å². The minimum atomic E-state index is -0.424. The van der Waals surface area contributed by atoms with Crippen LogP contribution in [0.25, 0.3) is 0 Å². The summed E-state index contributed by atoms with van der Waals surface area (Å²) in [5.74, 6) is -0.424. The maximum atomic E-state index is 13.5. The fraction of sp³-hybridized carbons (Fsp3) is 0.600. The number of nitrogens with one attached hydrogen (secondary N) is 1. The highest BCUT2D eigenvalue weighted by atomic mass is 35.5. The summed E-state index contributed by atoms with van der Waals surface area (Å²) in [4.78, 5) is 2.48. The Balaban J connectivity index is 1.94. The van der Waals surface area contributed by atoms with Crippen LogP contribution in [0.3, 0.4) is 0 Å². The normalized spacial score (nSPS) is 19.2. The van der Waals surface area contributed by atoms with E-state index in [0.717, 1.165) is 12.1 Å². The Morgan fingerprint density at radius 3 is 2.50 bits per heavy atom. The average Bonchev–Trinajstić information content (AvgIpc) is 2.94. The van der Waals surface area contributed by atoms with Crippen LogP contribution >= 0.6 is 23.2 Å². The summed E-state index contributed by atoms with van der Waals surface area (Å²) in [6.07, 6.45) is 2.57. The second-order valence-corrected chi connectivity index (χ2v) is 6.32. The van der Waals surface area contributed by atoms with Crippen molar-refractivity contribution >= 4 is 23.2 Å². The summed E-state index contributed by atoms with van der Waals surface area (Å²) in [5.41, 5.74) is 0.752. The van der Waals surface area contributed by atoms with Gasteiger partial charge in [-0.2, -0.15) is 0 Å². The average molecular weight is 319 g/mol. The van der Waals surface area contributed by atoms with E-state index in [0.29, 0.717) is 11.1 Å². The summed E-state index contributed by atoms with van der Waals surface area (Å²) >= 11 is 11.9. The third-order valence-corrected chi connectivity index (χ3v) is 4.61. The third-order valence-electron chi connectivity index (χ3n) is 3.99. The SMILES string of the molecule is CC(NCC(C)N1CCCC1)c1cc(F)c(Cl)cc1Cl. The van der Waals surface area contributed by atoms with Crippen LogP contribution in [0.15, 0.2) is 12.1 Å². The van der Waals surface area contributed by atoms with Gasteiger partial charge in [0.2, 0.25) is 0 Å². The Bertz CT molecular complexity index is 461. The number of hydrogen-bond acceptors (Lipinski definition) is 2. The molecule has 1 fully saturated rings. The smallest absolute Gasteiger partial charge is 0.142 e. The number of likely N-dealkylation sites (tertiary alicyclic amines) is 1. The molecule has 5 heteroatoms. The van der Waals surface area contributed by atoms with Crippen molar-refractivity contribution in [2.24, 2.45) is 0 Å². The van der Waals surface area contributed by atoms with Crippen LogP contribution < -0.4 is 5.32 Å². The first kappa shape index (κ1) is 16.0. The molecule has 0 spiro atoms. The van der Waals surface area contributed by atoms with Crippen molar-refractivity contribution in [2.45, 2.75) is 38.8 Å². The molecule has 1 aliphatic heterocycles. The predicted octanol–water partition coefficient (Wildman–Crippen LogP) is 4.27. The topological polar surface area (TPSA) is 15.3 Å². The molecule has 20 heavy (non-hydrogen) atoms. The molecule has 0 aliphatic carbocycles. The molecule has 0 amide bonds. The number of hydrogen-bond donors (Lipinski definition) is 1. The van der Waals surface area contributed by atoms with Gasteiger partial charge in [0.25, 0.3) is 0 Å². The first-order chi connectivity index (χ1) is 9.49. The van der Waals surface area contributed by atoms with E-state index in [1.807, 2.05) is 6.92 Å². The third kappa shape index (κ3) is 3.85. The number of nitrogens with zero attached hydrogens (tertiary/aromatic N) is 1. The van der Waals surface area contributed by atoms with Gasteiger partial charge < -0.3 is 5.32 Å². The standard InChI is InChI=1S/C15H21Cl2FN2/c1-10(20-5-3-4-6-20)9-19-11(2)12-7-15(18)14(17)8-13(12)16/h7-8,10-11,19H,3-6,9H2,1-2H3. The van der Waals surface area contributed by atoms with Gasteiger partial charge in [-0.3, -0.25) is 4.90 Å². The van der Waals surface area contributed by atoms with Crippen molar-refractivity contribution in [2.75, 3.05) is 19.6 Å². The van der Waals surface area contributed by atoms with E-state index in [9.17, 15) is 4.39 Å². The molecule has 1 aromatic carbocycles. The van der Waals surface area contributed by atoms with Crippen LogP contribution in [-0.4, -0.2) is 30.6 Å². The molecule has 0 aromatic heterocycles. The number of rotatable bonds is 5. The van der Waals surface area contributed by atoms with E-state index in [-0.39, 0.29) is 11.1 Å². The van der Waals surface area contributed by atoms with Gasteiger partial charge in [-0.25, -0.2) is 4.39 Å². The highest BCUT2D eigenvalue weighted by Gasteiger charge is 2.19. The molecule has 2 unspecified atom stereocenters. The number of halogens is 3. The van der Waals surface area contributed by atoms with Crippen molar-refractivity contribution in [3.05, 3.63) is 33.6 Å². The summed E-state index contributed by atoms with van der Waals surface area (Å²) in [7, 11) is 0. The summed E-state index contributed by atoms with van der Waals surface area (Å²) in [6.45, 7) is 7.42. The van der Waals surface area contributed by atoms with Crippen LogP contribution in [0.1, 0.15) is 38.3 Å². The fourth-order valence-corrected chi connectivity index (χ4v) is 3.19. The zero-order valence-electron chi connectivity index (χ0n) is 11.9. The second-order valence-electron chi connectivity index (χ2n) is 5.51. The van der Waals surface area contributed by atoms with Crippen LogP contribution in [0, 0.1) is 5.82 Å². The Labute approximate surface area is 130 Å². The molecule has 0 bridgehead atoms. The van der Waals surface area contributed by atoms with Crippen LogP contribution in [0.5, 0.6) is 0 Å². The minimum Gasteiger partial charge on any atom is -0.309 e. The van der Waals surface area contributed by atoms with Gasteiger partial charge in [-0.1, -0.05) is 23.2 Å². The van der Waals surface area contributed by atoms with Gasteiger partial charge >= 0.3 is 0 Å². The Morgan fingerprint density at radius 1 is 1.20 bits per heavy atom. The van der Waals surface area contributed by atoms with E-state index in [4.69, 9.17) is 23.2 Å². The van der Waals surface area contributed by atoms with Gasteiger partial charge in [0, 0.05) is 23.7 Å². The van der Waals surface area contributed by atoms with E-state index in [1.54, 1.807) is 0 Å². The van der Waals surface area contributed by atoms with Crippen molar-refractivity contribution in [1.29, 1.82) is 0 Å². The molecular weight excluding hydrogens is 298 g/mol.